The van der Waals surface area contributed by atoms with Crippen LogP contribution >= 0.6 is 11.3 Å². The highest BCUT2D eigenvalue weighted by atomic mass is 32.1. The van der Waals surface area contributed by atoms with Crippen molar-refractivity contribution in [3.05, 3.63) is 51.5 Å². The number of nitrogens with two attached hydrogens (primary N) is 1. The first-order valence-electron chi connectivity index (χ1n) is 6.93. The van der Waals surface area contributed by atoms with Crippen molar-refractivity contribution in [3.8, 4) is 0 Å². The van der Waals surface area contributed by atoms with Crippen LogP contribution in [0.15, 0.2) is 29.6 Å². The van der Waals surface area contributed by atoms with E-state index in [-0.39, 0.29) is 5.69 Å². The molecule has 1 aromatic carbocycles. The Bertz CT molecular complexity index is 685. The quantitative estimate of drug-likeness (QED) is 0.876. The van der Waals surface area contributed by atoms with Gasteiger partial charge in [-0.15, -0.1) is 11.3 Å². The van der Waals surface area contributed by atoms with E-state index in [0.29, 0.717) is 18.5 Å². The number of halogens is 3. The van der Waals surface area contributed by atoms with E-state index in [4.69, 9.17) is 5.73 Å². The normalized spacial score (nSPS) is 12.9. The molecule has 0 radical (unpaired) electrons. The summed E-state index contributed by atoms with van der Waals surface area (Å²) in [4.78, 5) is 16.3. The van der Waals surface area contributed by atoms with Gasteiger partial charge in [0.2, 0.25) is 0 Å². The summed E-state index contributed by atoms with van der Waals surface area (Å²) in [6, 6.07) is 4.33. The minimum Gasteiger partial charge on any atom is -0.344 e. The van der Waals surface area contributed by atoms with Crippen LogP contribution in [0, 0.1) is 0 Å². The highest BCUT2D eigenvalue weighted by Crippen LogP contribution is 2.30. The van der Waals surface area contributed by atoms with Gasteiger partial charge in [-0.2, -0.15) is 13.2 Å². The number of amides is 1. The summed E-state index contributed by atoms with van der Waals surface area (Å²) < 4.78 is 38.2. The Morgan fingerprint density at radius 2 is 2.17 bits per heavy atom. The highest BCUT2D eigenvalue weighted by Gasteiger charge is 2.30. The molecular formula is C15H16F3N3OS. The zero-order valence-corrected chi connectivity index (χ0v) is 13.2. The number of carbonyl (C=O) groups is 1. The van der Waals surface area contributed by atoms with E-state index in [1.807, 2.05) is 0 Å². The molecule has 1 amide bonds. The Morgan fingerprint density at radius 1 is 1.43 bits per heavy atom. The summed E-state index contributed by atoms with van der Waals surface area (Å²) in [5, 5.41) is 5.02. The predicted molar refractivity (Wildman–Crippen MR) is 82.2 cm³/mol. The first-order chi connectivity index (χ1) is 10.8. The monoisotopic (exact) mass is 343 g/mol. The molecule has 0 bridgehead atoms. The molecule has 0 saturated carbocycles. The van der Waals surface area contributed by atoms with E-state index < -0.39 is 23.7 Å². The van der Waals surface area contributed by atoms with Gasteiger partial charge in [-0.25, -0.2) is 4.98 Å². The van der Waals surface area contributed by atoms with Crippen molar-refractivity contribution in [2.45, 2.75) is 25.6 Å². The Kier molecular flexibility index (Phi) is 5.38. The number of hydrogen-bond acceptors (Lipinski definition) is 4. The molecule has 3 N–H and O–H groups in total. The molecule has 4 nitrogen and oxygen atoms in total. The van der Waals surface area contributed by atoms with E-state index in [9.17, 15) is 18.0 Å². The molecule has 1 atom stereocenters. The highest BCUT2D eigenvalue weighted by molar-refractivity contribution is 7.09. The van der Waals surface area contributed by atoms with Crippen LogP contribution in [0.5, 0.6) is 0 Å². The summed E-state index contributed by atoms with van der Waals surface area (Å²) in [6.45, 7) is 2.07. The Morgan fingerprint density at radius 3 is 2.83 bits per heavy atom. The molecule has 0 aliphatic rings. The number of rotatable bonds is 5. The van der Waals surface area contributed by atoms with Gasteiger partial charge in [-0.1, -0.05) is 12.1 Å². The van der Waals surface area contributed by atoms with Gasteiger partial charge in [0, 0.05) is 11.8 Å². The van der Waals surface area contributed by atoms with Crippen LogP contribution < -0.4 is 11.1 Å². The van der Waals surface area contributed by atoms with Crippen LogP contribution in [0.25, 0.3) is 0 Å². The number of carbonyl (C=O) groups excluding carboxylic acids is 1. The number of benzene rings is 1. The van der Waals surface area contributed by atoms with Gasteiger partial charge in [-0.05, 0) is 31.2 Å². The second-order valence-corrected chi connectivity index (χ2v) is 5.93. The van der Waals surface area contributed by atoms with Crippen molar-refractivity contribution < 1.29 is 18.0 Å². The van der Waals surface area contributed by atoms with Crippen molar-refractivity contribution in [3.63, 3.8) is 0 Å². The van der Waals surface area contributed by atoms with Gasteiger partial charge in [0.05, 0.1) is 16.6 Å². The average Bonchev–Trinajstić information content (AvgIpc) is 2.95. The molecule has 2 rings (SSSR count). The third kappa shape index (κ3) is 4.52. The minimum atomic E-state index is -4.41. The van der Waals surface area contributed by atoms with Gasteiger partial charge in [0.25, 0.3) is 5.91 Å². The molecule has 1 heterocycles. The second-order valence-electron chi connectivity index (χ2n) is 4.98. The van der Waals surface area contributed by atoms with Crippen molar-refractivity contribution in [2.24, 2.45) is 5.73 Å². The van der Waals surface area contributed by atoms with Crippen LogP contribution in [0.4, 0.5) is 13.2 Å². The van der Waals surface area contributed by atoms with Crippen LogP contribution in [0.1, 0.15) is 39.6 Å². The SMILES string of the molecule is CC(NC(=O)c1csc(CCN)n1)c1cccc(C(F)(F)F)c1. The van der Waals surface area contributed by atoms with E-state index in [0.717, 1.165) is 17.1 Å². The fraction of sp³-hybridized carbons (Fsp3) is 0.333. The van der Waals surface area contributed by atoms with Crippen molar-refractivity contribution in [1.29, 1.82) is 0 Å². The lowest BCUT2D eigenvalue weighted by molar-refractivity contribution is -0.137. The lowest BCUT2D eigenvalue weighted by atomic mass is 10.0. The first-order valence-corrected chi connectivity index (χ1v) is 7.81. The molecular weight excluding hydrogens is 327 g/mol. The summed E-state index contributed by atoms with van der Waals surface area (Å²) >= 11 is 1.33. The van der Waals surface area contributed by atoms with Crippen LogP contribution in [0.2, 0.25) is 0 Å². The standard InChI is InChI=1S/C15H16F3N3OS/c1-9(10-3-2-4-11(7-10)15(16,17)18)20-14(22)12-8-23-13(21-12)5-6-19/h2-4,7-9H,5-6,19H2,1H3,(H,20,22). The summed E-state index contributed by atoms with van der Waals surface area (Å²) in [7, 11) is 0. The first kappa shape index (κ1) is 17.4. The molecule has 1 unspecified atom stereocenters. The zero-order valence-electron chi connectivity index (χ0n) is 12.4. The molecule has 124 valence electrons. The fourth-order valence-corrected chi connectivity index (χ4v) is 2.79. The van der Waals surface area contributed by atoms with Crippen LogP contribution in [-0.2, 0) is 12.6 Å². The van der Waals surface area contributed by atoms with E-state index >= 15 is 0 Å². The average molecular weight is 343 g/mol. The second kappa shape index (κ2) is 7.10. The molecule has 0 aliphatic heterocycles. The molecule has 23 heavy (non-hydrogen) atoms. The summed E-state index contributed by atoms with van der Waals surface area (Å²) in [5.74, 6) is -0.422. The van der Waals surface area contributed by atoms with E-state index in [2.05, 4.69) is 10.3 Å². The van der Waals surface area contributed by atoms with Gasteiger partial charge in [0.1, 0.15) is 5.69 Å². The summed E-state index contributed by atoms with van der Waals surface area (Å²) in [6.07, 6.45) is -3.83. The Labute approximate surface area is 135 Å². The van der Waals surface area contributed by atoms with Gasteiger partial charge in [0.15, 0.2) is 0 Å². The number of nitrogens with zero attached hydrogens (tertiary/aromatic N) is 1. The molecule has 0 aliphatic carbocycles. The molecule has 8 heteroatoms. The number of alkyl halides is 3. The van der Waals surface area contributed by atoms with Gasteiger partial charge < -0.3 is 11.1 Å². The zero-order chi connectivity index (χ0) is 17.0. The Hall–Kier alpha value is -1.93. The van der Waals surface area contributed by atoms with Crippen molar-refractivity contribution in [1.82, 2.24) is 10.3 Å². The van der Waals surface area contributed by atoms with Crippen molar-refractivity contribution >= 4 is 17.2 Å². The third-order valence-corrected chi connectivity index (χ3v) is 4.11. The molecule has 0 saturated heterocycles. The molecule has 1 aromatic heterocycles. The smallest absolute Gasteiger partial charge is 0.344 e. The maximum absolute atomic E-state index is 12.7. The van der Waals surface area contributed by atoms with E-state index in [1.165, 1.54) is 17.4 Å². The maximum Gasteiger partial charge on any atom is 0.416 e. The minimum absolute atomic E-state index is 0.247. The number of hydrogen-bond donors (Lipinski definition) is 2. The lowest BCUT2D eigenvalue weighted by Gasteiger charge is -2.15. The number of aromatic nitrogens is 1. The number of nitrogens with one attached hydrogen (secondary N) is 1. The topological polar surface area (TPSA) is 68.0 Å². The van der Waals surface area contributed by atoms with Crippen LogP contribution in [-0.4, -0.2) is 17.4 Å². The fourth-order valence-electron chi connectivity index (χ4n) is 1.99. The lowest BCUT2D eigenvalue weighted by Crippen LogP contribution is -2.27. The summed E-state index contributed by atoms with van der Waals surface area (Å²) in [5.41, 5.74) is 5.31. The maximum atomic E-state index is 12.7. The molecule has 2 aromatic rings. The Balaban J connectivity index is 2.08. The van der Waals surface area contributed by atoms with Crippen molar-refractivity contribution in [2.75, 3.05) is 6.54 Å². The molecule has 0 fully saturated rings. The number of thiazole rings is 1. The predicted octanol–water partition coefficient (Wildman–Crippen LogP) is 3.15. The van der Waals surface area contributed by atoms with Gasteiger partial charge in [-0.3, -0.25) is 4.79 Å². The largest absolute Gasteiger partial charge is 0.416 e. The third-order valence-electron chi connectivity index (χ3n) is 3.20. The van der Waals surface area contributed by atoms with Gasteiger partial charge >= 0.3 is 6.18 Å². The molecule has 0 spiro atoms. The van der Waals surface area contributed by atoms with Crippen LogP contribution in [0.3, 0.4) is 0 Å². The van der Waals surface area contributed by atoms with E-state index in [1.54, 1.807) is 18.4 Å².